The van der Waals surface area contributed by atoms with Crippen molar-refractivity contribution in [3.05, 3.63) is 85.8 Å². The molecule has 1 aromatic carbocycles. The van der Waals surface area contributed by atoms with Crippen molar-refractivity contribution in [1.82, 2.24) is 23.7 Å². The predicted octanol–water partition coefficient (Wildman–Crippen LogP) is 1.40. The van der Waals surface area contributed by atoms with E-state index in [1.807, 2.05) is 4.90 Å². The molecule has 3 aliphatic heterocycles. The van der Waals surface area contributed by atoms with Gasteiger partial charge < -0.3 is 4.90 Å². The third kappa shape index (κ3) is 3.53. The summed E-state index contributed by atoms with van der Waals surface area (Å²) in [6, 6.07) is 12.3. The van der Waals surface area contributed by atoms with Crippen LogP contribution in [0.5, 0.6) is 0 Å². The number of aromatic nitrogens is 5. The number of hydrogen-bond donors (Lipinski definition) is 0. The number of fused-ring (bicyclic) bond motifs is 3. The molecule has 3 aliphatic rings. The maximum atomic E-state index is 14.0. The van der Waals surface area contributed by atoms with Crippen LogP contribution in [0.15, 0.2) is 52.2 Å². The Hall–Kier alpha value is -5.33. The molecule has 6 heterocycles. The van der Waals surface area contributed by atoms with E-state index in [4.69, 9.17) is 4.98 Å². The highest BCUT2D eigenvalue weighted by molar-refractivity contribution is 6.15. The van der Waals surface area contributed by atoms with E-state index in [0.29, 0.717) is 48.8 Å². The number of imide groups is 1. The standard InChI is InChI=1S/C31H27N8O4/c1-3-4-15-37-24-25(35(2)30(43)38(26(24)40)17-23-20(16-32)9-7-13-33-23)34-29(37)36-14-8-12-31(18-36)19-39(31)27(41)21-10-5-6-11-22(21)28(39)42/h5-7,9-11,13H,8,12,14-15,17-19H2,1-2H3/q+1/t31-/m0/s1. The SMILES string of the molecule is CC#CCn1c(N2CCC[C@]3(C2)C[N+]32C(=O)c3ccccc3C2=O)nc2c1c(=O)n(Cc1ncccc1C#N)c(=O)n2C. The van der Waals surface area contributed by atoms with Gasteiger partial charge in [-0.1, -0.05) is 18.1 Å². The molecule has 12 nitrogen and oxygen atoms in total. The van der Waals surface area contributed by atoms with E-state index < -0.39 is 16.8 Å². The Morgan fingerprint density at radius 2 is 1.79 bits per heavy atom. The molecule has 0 saturated carbocycles. The number of anilines is 1. The number of nitriles is 1. The maximum absolute atomic E-state index is 14.0. The molecular weight excluding hydrogens is 548 g/mol. The largest absolute Gasteiger partial charge is 0.355 e. The fourth-order valence-electron chi connectivity index (χ4n) is 6.93. The van der Waals surface area contributed by atoms with Crippen LogP contribution in [-0.4, -0.2) is 65.1 Å². The van der Waals surface area contributed by atoms with Crippen LogP contribution in [0.3, 0.4) is 0 Å². The molecule has 2 fully saturated rings. The third-order valence-corrected chi connectivity index (χ3v) is 9.10. The average Bonchev–Trinajstić information content (AvgIpc) is 3.39. The van der Waals surface area contributed by atoms with Gasteiger partial charge in [0.2, 0.25) is 5.95 Å². The van der Waals surface area contributed by atoms with Crippen LogP contribution < -0.4 is 16.1 Å². The Balaban J connectivity index is 1.33. The van der Waals surface area contributed by atoms with Crippen molar-refractivity contribution in [3.8, 4) is 17.9 Å². The molecule has 2 amide bonds. The van der Waals surface area contributed by atoms with Gasteiger partial charge in [-0.15, -0.1) is 5.92 Å². The van der Waals surface area contributed by atoms with Gasteiger partial charge in [0.1, 0.15) is 6.07 Å². The highest BCUT2D eigenvalue weighted by atomic mass is 16.2. The van der Waals surface area contributed by atoms with Crippen LogP contribution in [0.2, 0.25) is 0 Å². The van der Waals surface area contributed by atoms with Crippen LogP contribution in [0, 0.1) is 23.2 Å². The summed E-state index contributed by atoms with van der Waals surface area (Å²) in [5.41, 5.74) is 0.188. The highest BCUT2D eigenvalue weighted by Gasteiger charge is 2.81. The highest BCUT2D eigenvalue weighted by Crippen LogP contribution is 2.55. The molecule has 3 aromatic heterocycles. The summed E-state index contributed by atoms with van der Waals surface area (Å²) in [6.45, 7) is 3.08. The lowest BCUT2D eigenvalue weighted by Gasteiger charge is -2.33. The number of imidazole rings is 1. The Morgan fingerprint density at radius 3 is 2.49 bits per heavy atom. The number of nitrogens with zero attached hydrogens (tertiary/aromatic N) is 8. The van der Waals surface area contributed by atoms with Crippen LogP contribution in [0.1, 0.15) is 51.7 Å². The number of benzene rings is 1. The molecule has 214 valence electrons. The first-order valence-electron chi connectivity index (χ1n) is 14.0. The van der Waals surface area contributed by atoms with Gasteiger partial charge in [0.15, 0.2) is 23.2 Å². The predicted molar refractivity (Wildman–Crippen MR) is 155 cm³/mol. The molecule has 0 aliphatic carbocycles. The topological polar surface area (TPSA) is 136 Å². The van der Waals surface area contributed by atoms with Gasteiger partial charge in [-0.25, -0.2) is 14.4 Å². The van der Waals surface area contributed by atoms with Crippen LogP contribution in [0.25, 0.3) is 11.2 Å². The Morgan fingerprint density at radius 1 is 1.05 bits per heavy atom. The minimum Gasteiger partial charge on any atom is -0.336 e. The molecule has 0 unspecified atom stereocenters. The number of quaternary nitrogens is 1. The molecule has 12 heteroatoms. The van der Waals surface area contributed by atoms with E-state index in [1.165, 1.54) is 10.8 Å². The normalized spacial score (nSPS) is 19.9. The van der Waals surface area contributed by atoms with Crippen molar-refractivity contribution < 1.29 is 14.1 Å². The second-order valence-corrected chi connectivity index (χ2v) is 11.3. The first-order chi connectivity index (χ1) is 20.8. The zero-order valence-electron chi connectivity index (χ0n) is 23.7. The number of rotatable bonds is 4. The van der Waals surface area contributed by atoms with Gasteiger partial charge in [-0.05, 0) is 37.6 Å². The zero-order chi connectivity index (χ0) is 30.1. The monoisotopic (exact) mass is 575 g/mol. The Labute approximate surface area is 245 Å². The summed E-state index contributed by atoms with van der Waals surface area (Å²) in [6.07, 6.45) is 2.94. The number of pyridine rings is 1. The van der Waals surface area contributed by atoms with Crippen molar-refractivity contribution in [2.45, 2.75) is 38.4 Å². The van der Waals surface area contributed by atoms with Crippen LogP contribution in [-0.2, 0) is 20.1 Å². The summed E-state index contributed by atoms with van der Waals surface area (Å²) in [5, 5.41) is 9.52. The fourth-order valence-corrected chi connectivity index (χ4v) is 6.93. The molecule has 7 rings (SSSR count). The summed E-state index contributed by atoms with van der Waals surface area (Å²) in [4.78, 5) is 65.6. The van der Waals surface area contributed by atoms with E-state index >= 15 is 0 Å². The average molecular weight is 576 g/mol. The summed E-state index contributed by atoms with van der Waals surface area (Å²) in [5.74, 6) is 6.03. The third-order valence-electron chi connectivity index (χ3n) is 9.10. The smallest absolute Gasteiger partial charge is 0.336 e. The lowest BCUT2D eigenvalue weighted by atomic mass is 9.97. The molecule has 4 aromatic rings. The molecule has 43 heavy (non-hydrogen) atoms. The summed E-state index contributed by atoms with van der Waals surface area (Å²) >= 11 is 0. The zero-order valence-corrected chi connectivity index (χ0v) is 23.7. The molecule has 2 saturated heterocycles. The number of piperidine rings is 1. The second-order valence-electron chi connectivity index (χ2n) is 11.3. The molecule has 2 spiro atoms. The van der Waals surface area contributed by atoms with Gasteiger partial charge in [0.25, 0.3) is 5.56 Å². The lowest BCUT2D eigenvalue weighted by molar-refractivity contribution is -0.651. The molecule has 0 N–H and O–H groups in total. The van der Waals surface area contributed by atoms with E-state index in [0.717, 1.165) is 11.0 Å². The molecule has 0 bridgehead atoms. The van der Waals surface area contributed by atoms with Crippen molar-refractivity contribution in [1.29, 1.82) is 5.26 Å². The van der Waals surface area contributed by atoms with E-state index in [2.05, 4.69) is 22.9 Å². The first-order valence-corrected chi connectivity index (χ1v) is 14.0. The van der Waals surface area contributed by atoms with E-state index in [1.54, 1.807) is 54.9 Å². The number of hydrogen-bond acceptors (Lipinski definition) is 8. The van der Waals surface area contributed by atoms with Gasteiger partial charge in [0, 0.05) is 26.2 Å². The van der Waals surface area contributed by atoms with Crippen LogP contribution >= 0.6 is 0 Å². The van der Waals surface area contributed by atoms with Gasteiger partial charge in [-0.3, -0.25) is 23.5 Å². The minimum atomic E-state index is -0.594. The van der Waals surface area contributed by atoms with Crippen molar-refractivity contribution >= 4 is 28.9 Å². The van der Waals surface area contributed by atoms with Crippen molar-refractivity contribution in [2.75, 3.05) is 24.5 Å². The summed E-state index contributed by atoms with van der Waals surface area (Å²) < 4.78 is 3.88. The second kappa shape index (κ2) is 9.34. The van der Waals surface area contributed by atoms with Gasteiger partial charge >= 0.3 is 17.5 Å². The van der Waals surface area contributed by atoms with Crippen molar-refractivity contribution in [2.24, 2.45) is 7.05 Å². The van der Waals surface area contributed by atoms with Crippen LogP contribution in [0.4, 0.5) is 5.95 Å². The minimum absolute atomic E-state index is 0.148. The molecule has 0 radical (unpaired) electrons. The van der Waals surface area contributed by atoms with E-state index in [9.17, 15) is 24.4 Å². The van der Waals surface area contributed by atoms with E-state index in [-0.39, 0.29) is 46.1 Å². The number of carbonyl (C=O) groups excluding carboxylic acids is 2. The number of aryl methyl sites for hydroxylation is 1. The number of amides is 2. The maximum Gasteiger partial charge on any atom is 0.355 e. The molecule has 1 atom stereocenters. The Kier molecular flexibility index (Phi) is 5.77. The Bertz CT molecular complexity index is 2090. The fraction of sp³-hybridized carbons (Fsp3) is 0.323. The van der Waals surface area contributed by atoms with Gasteiger partial charge in [0.05, 0.1) is 42.0 Å². The van der Waals surface area contributed by atoms with Crippen molar-refractivity contribution in [3.63, 3.8) is 0 Å². The summed E-state index contributed by atoms with van der Waals surface area (Å²) in [7, 11) is 1.55. The first kappa shape index (κ1) is 26.6. The van der Waals surface area contributed by atoms with Gasteiger partial charge in [-0.2, -0.15) is 14.7 Å². The quantitative estimate of drug-likeness (QED) is 0.154. The number of carbonyl (C=O) groups is 2. The lowest BCUT2D eigenvalue weighted by Crippen LogP contribution is -2.51. The molecular formula is C31H27N8O4+.